The first-order valence-corrected chi connectivity index (χ1v) is 9.02. The number of fused-ring (bicyclic) bond motifs is 1. The number of ether oxygens (including phenoxy) is 1. The molecule has 0 aliphatic carbocycles. The van der Waals surface area contributed by atoms with Crippen LogP contribution in [-0.2, 0) is 4.79 Å². The first kappa shape index (κ1) is 17.3. The van der Waals surface area contributed by atoms with Crippen LogP contribution in [-0.4, -0.2) is 45.7 Å². The Morgan fingerprint density at radius 2 is 2.19 bits per heavy atom. The van der Waals surface area contributed by atoms with Gasteiger partial charge < -0.3 is 15.0 Å². The molecule has 1 saturated heterocycles. The summed E-state index contributed by atoms with van der Waals surface area (Å²) in [5.74, 6) is 2.04. The second-order valence-corrected chi connectivity index (χ2v) is 6.70. The van der Waals surface area contributed by atoms with Crippen LogP contribution in [0.1, 0.15) is 18.5 Å². The highest BCUT2D eigenvalue weighted by Gasteiger charge is 2.28. The minimum atomic E-state index is -0.115. The molecular formula is C19H22N6O2. The predicted molar refractivity (Wildman–Crippen MR) is 102 cm³/mol. The van der Waals surface area contributed by atoms with Crippen LogP contribution in [0.2, 0.25) is 0 Å². The lowest BCUT2D eigenvalue weighted by atomic mass is 9.97. The molecule has 1 amide bonds. The van der Waals surface area contributed by atoms with Crippen molar-refractivity contribution in [2.45, 2.75) is 19.8 Å². The van der Waals surface area contributed by atoms with Crippen LogP contribution in [0.4, 0.5) is 11.5 Å². The normalized spacial score (nSPS) is 17.1. The molecule has 1 aliphatic rings. The average molecular weight is 366 g/mol. The van der Waals surface area contributed by atoms with Gasteiger partial charge in [-0.1, -0.05) is 12.1 Å². The van der Waals surface area contributed by atoms with Crippen LogP contribution >= 0.6 is 0 Å². The molecule has 1 fully saturated rings. The predicted octanol–water partition coefficient (Wildman–Crippen LogP) is 2.30. The number of nitrogens with zero attached hydrogens (tertiary/aromatic N) is 5. The molecule has 0 unspecified atom stereocenters. The maximum Gasteiger partial charge on any atom is 0.254 e. The molecule has 0 spiro atoms. The van der Waals surface area contributed by atoms with E-state index in [0.29, 0.717) is 23.8 Å². The number of amides is 1. The summed E-state index contributed by atoms with van der Waals surface area (Å²) >= 11 is 0. The number of hydrogen-bond acceptors (Lipinski definition) is 6. The fraction of sp³-hybridized carbons (Fsp3) is 0.368. The topological polar surface area (TPSA) is 84.6 Å². The molecule has 0 bridgehead atoms. The third-order valence-corrected chi connectivity index (χ3v) is 4.84. The second-order valence-electron chi connectivity index (χ2n) is 6.70. The van der Waals surface area contributed by atoms with Crippen molar-refractivity contribution in [1.82, 2.24) is 19.6 Å². The van der Waals surface area contributed by atoms with Crippen LogP contribution in [0.5, 0.6) is 5.75 Å². The van der Waals surface area contributed by atoms with Gasteiger partial charge >= 0.3 is 0 Å². The Morgan fingerprint density at radius 3 is 3.04 bits per heavy atom. The fourth-order valence-electron chi connectivity index (χ4n) is 3.52. The molecule has 27 heavy (non-hydrogen) atoms. The number of carbonyl (C=O) groups is 1. The van der Waals surface area contributed by atoms with Gasteiger partial charge in [-0.15, -0.1) is 0 Å². The number of aromatic nitrogens is 4. The quantitative estimate of drug-likeness (QED) is 0.763. The van der Waals surface area contributed by atoms with E-state index in [4.69, 9.17) is 4.74 Å². The molecule has 1 aromatic carbocycles. The summed E-state index contributed by atoms with van der Waals surface area (Å²) in [6.07, 6.45) is 3.28. The van der Waals surface area contributed by atoms with Gasteiger partial charge in [-0.25, -0.2) is 4.98 Å². The molecular weight excluding hydrogens is 344 g/mol. The monoisotopic (exact) mass is 366 g/mol. The molecule has 8 nitrogen and oxygen atoms in total. The Bertz CT molecular complexity index is 970. The van der Waals surface area contributed by atoms with E-state index < -0.39 is 0 Å². The van der Waals surface area contributed by atoms with E-state index in [1.165, 1.54) is 6.33 Å². The van der Waals surface area contributed by atoms with E-state index in [9.17, 15) is 4.79 Å². The van der Waals surface area contributed by atoms with E-state index >= 15 is 0 Å². The Morgan fingerprint density at radius 1 is 1.33 bits per heavy atom. The van der Waals surface area contributed by atoms with Gasteiger partial charge in [0.05, 0.1) is 18.7 Å². The molecule has 0 radical (unpaired) electrons. The molecule has 1 N–H and O–H groups in total. The van der Waals surface area contributed by atoms with E-state index in [1.54, 1.807) is 11.6 Å². The van der Waals surface area contributed by atoms with Crippen LogP contribution in [0.3, 0.4) is 0 Å². The van der Waals surface area contributed by atoms with E-state index in [-0.39, 0.29) is 11.8 Å². The van der Waals surface area contributed by atoms with E-state index in [1.807, 2.05) is 37.3 Å². The number of methoxy groups -OCH3 is 1. The first-order valence-electron chi connectivity index (χ1n) is 9.02. The van der Waals surface area contributed by atoms with E-state index in [0.717, 1.165) is 30.9 Å². The SMILES string of the molecule is COc1ccccc1NC(=O)[C@H]1CCCN(c2cc(C)nc3ncnn23)C1. The van der Waals surface area contributed by atoms with Gasteiger partial charge in [0, 0.05) is 24.8 Å². The van der Waals surface area contributed by atoms with Gasteiger partial charge in [-0.05, 0) is 31.9 Å². The Kier molecular flexibility index (Phi) is 4.62. The van der Waals surface area contributed by atoms with Gasteiger partial charge in [0.2, 0.25) is 5.91 Å². The number of carbonyl (C=O) groups excluding carboxylic acids is 1. The van der Waals surface area contributed by atoms with Crippen LogP contribution in [0.15, 0.2) is 36.7 Å². The highest BCUT2D eigenvalue weighted by atomic mass is 16.5. The molecule has 1 aliphatic heterocycles. The highest BCUT2D eigenvalue weighted by Crippen LogP contribution is 2.27. The van der Waals surface area contributed by atoms with Crippen molar-refractivity contribution < 1.29 is 9.53 Å². The first-order chi connectivity index (χ1) is 13.2. The zero-order chi connectivity index (χ0) is 18.8. The number of hydrogen-bond donors (Lipinski definition) is 1. The van der Waals surface area contributed by atoms with Gasteiger partial charge in [-0.3, -0.25) is 4.79 Å². The summed E-state index contributed by atoms with van der Waals surface area (Å²) in [4.78, 5) is 23.6. The number of rotatable bonds is 4. The Balaban J connectivity index is 1.54. The highest BCUT2D eigenvalue weighted by molar-refractivity contribution is 5.94. The van der Waals surface area contributed by atoms with Crippen molar-refractivity contribution in [1.29, 1.82) is 0 Å². The maximum absolute atomic E-state index is 12.9. The number of anilines is 2. The third kappa shape index (κ3) is 3.42. The lowest BCUT2D eigenvalue weighted by molar-refractivity contribution is -0.120. The molecule has 140 valence electrons. The molecule has 4 rings (SSSR count). The minimum absolute atomic E-state index is 0.00446. The van der Waals surface area contributed by atoms with Crippen LogP contribution < -0.4 is 15.0 Å². The maximum atomic E-state index is 12.9. The standard InChI is InChI=1S/C19H22N6O2/c1-13-10-17(25-19(22-13)20-12-21-25)24-9-5-6-14(11-24)18(26)23-15-7-3-4-8-16(15)27-2/h3-4,7-8,10,12,14H,5-6,9,11H2,1-2H3,(H,23,26)/t14-/m0/s1. The molecule has 2 aromatic heterocycles. The average Bonchev–Trinajstić information content (AvgIpc) is 3.16. The molecule has 8 heteroatoms. The summed E-state index contributed by atoms with van der Waals surface area (Å²) in [5, 5.41) is 7.29. The van der Waals surface area contributed by atoms with Gasteiger partial charge in [0.1, 0.15) is 17.9 Å². The summed E-state index contributed by atoms with van der Waals surface area (Å²) in [6, 6.07) is 9.44. The number of aryl methyl sites for hydroxylation is 1. The van der Waals surface area contributed by atoms with Crippen molar-refractivity contribution in [2.75, 3.05) is 30.4 Å². The van der Waals surface area contributed by atoms with Crippen molar-refractivity contribution in [3.63, 3.8) is 0 Å². The van der Waals surface area contributed by atoms with Crippen LogP contribution in [0, 0.1) is 12.8 Å². The number of nitrogens with one attached hydrogen (secondary N) is 1. The number of para-hydroxylation sites is 2. The van der Waals surface area contributed by atoms with Gasteiger partial charge in [0.15, 0.2) is 0 Å². The zero-order valence-electron chi connectivity index (χ0n) is 15.4. The Labute approximate surface area is 157 Å². The van der Waals surface area contributed by atoms with Gasteiger partial charge in [0.25, 0.3) is 5.78 Å². The van der Waals surface area contributed by atoms with Crippen molar-refractivity contribution in [3.05, 3.63) is 42.4 Å². The minimum Gasteiger partial charge on any atom is -0.495 e. The molecule has 3 aromatic rings. The Hall–Kier alpha value is -3.16. The lowest BCUT2D eigenvalue weighted by Crippen LogP contribution is -2.41. The smallest absolute Gasteiger partial charge is 0.254 e. The van der Waals surface area contributed by atoms with Crippen molar-refractivity contribution >= 4 is 23.2 Å². The zero-order valence-corrected chi connectivity index (χ0v) is 15.4. The molecule has 3 heterocycles. The van der Waals surface area contributed by atoms with E-state index in [2.05, 4.69) is 25.3 Å². The lowest BCUT2D eigenvalue weighted by Gasteiger charge is -2.33. The van der Waals surface area contributed by atoms with Crippen molar-refractivity contribution in [2.24, 2.45) is 5.92 Å². The molecule has 1 atom stereocenters. The number of benzene rings is 1. The second kappa shape index (κ2) is 7.22. The summed E-state index contributed by atoms with van der Waals surface area (Å²) < 4.78 is 7.06. The summed E-state index contributed by atoms with van der Waals surface area (Å²) in [5.41, 5.74) is 1.58. The molecule has 0 saturated carbocycles. The third-order valence-electron chi connectivity index (χ3n) is 4.84. The largest absolute Gasteiger partial charge is 0.495 e. The summed E-state index contributed by atoms with van der Waals surface area (Å²) in [7, 11) is 1.60. The summed E-state index contributed by atoms with van der Waals surface area (Å²) in [6.45, 7) is 3.43. The number of piperidine rings is 1. The van der Waals surface area contributed by atoms with Gasteiger partial charge in [-0.2, -0.15) is 14.6 Å². The fourth-order valence-corrected chi connectivity index (χ4v) is 3.52. The van der Waals surface area contributed by atoms with Crippen LogP contribution in [0.25, 0.3) is 5.78 Å². The van der Waals surface area contributed by atoms with Crippen molar-refractivity contribution in [3.8, 4) is 5.75 Å².